The Balaban J connectivity index is 1.49. The van der Waals surface area contributed by atoms with Gasteiger partial charge in [-0.15, -0.1) is 11.3 Å². The van der Waals surface area contributed by atoms with Gasteiger partial charge in [0, 0.05) is 43.3 Å². The van der Waals surface area contributed by atoms with E-state index in [0.717, 1.165) is 31.3 Å². The van der Waals surface area contributed by atoms with E-state index in [9.17, 15) is 4.79 Å². The van der Waals surface area contributed by atoms with Gasteiger partial charge in [-0.2, -0.15) is 0 Å². The second kappa shape index (κ2) is 6.73. The zero-order chi connectivity index (χ0) is 16.5. The number of hydrogen-bond donors (Lipinski definition) is 0. The van der Waals surface area contributed by atoms with E-state index >= 15 is 0 Å². The minimum atomic E-state index is -0.120. The SMILES string of the molecule is C#CN1CCN2CCN(c3ncc(C4CCCCC4)s3)C(=O)[C@@H]2C1. The third-order valence-electron chi connectivity index (χ3n) is 5.59. The highest BCUT2D eigenvalue weighted by Crippen LogP contribution is 2.38. The largest absolute Gasteiger partial charge is 0.329 e. The summed E-state index contributed by atoms with van der Waals surface area (Å²) < 4.78 is 0. The highest BCUT2D eigenvalue weighted by Gasteiger charge is 2.39. The Bertz CT molecular complexity index is 646. The van der Waals surface area contributed by atoms with E-state index in [0.29, 0.717) is 12.5 Å². The Kier molecular flexibility index (Phi) is 4.47. The molecule has 0 spiro atoms. The van der Waals surface area contributed by atoms with E-state index in [-0.39, 0.29) is 11.9 Å². The average molecular weight is 344 g/mol. The summed E-state index contributed by atoms with van der Waals surface area (Å²) in [7, 11) is 0. The van der Waals surface area contributed by atoms with Crippen LogP contribution in [0.25, 0.3) is 0 Å². The molecule has 0 N–H and O–H groups in total. The quantitative estimate of drug-likeness (QED) is 0.771. The number of hydrogen-bond acceptors (Lipinski definition) is 5. The Morgan fingerprint density at radius 1 is 1.17 bits per heavy atom. The summed E-state index contributed by atoms with van der Waals surface area (Å²) in [6, 6.07) is 2.56. The van der Waals surface area contributed by atoms with Gasteiger partial charge in [0.2, 0.25) is 5.91 Å². The first-order valence-electron chi connectivity index (χ1n) is 8.98. The first kappa shape index (κ1) is 15.9. The molecule has 1 saturated carbocycles. The van der Waals surface area contributed by atoms with Gasteiger partial charge in [-0.25, -0.2) is 4.98 Å². The molecule has 0 radical (unpaired) electrons. The monoisotopic (exact) mass is 344 g/mol. The van der Waals surface area contributed by atoms with E-state index < -0.39 is 0 Å². The van der Waals surface area contributed by atoms with Gasteiger partial charge in [-0.05, 0) is 18.8 Å². The molecule has 2 saturated heterocycles. The maximum atomic E-state index is 13.0. The zero-order valence-corrected chi connectivity index (χ0v) is 14.8. The van der Waals surface area contributed by atoms with E-state index in [1.807, 2.05) is 16.0 Å². The van der Waals surface area contributed by atoms with Crippen molar-refractivity contribution < 1.29 is 4.79 Å². The molecular weight excluding hydrogens is 320 g/mol. The second-order valence-corrected chi connectivity index (χ2v) is 8.04. The fourth-order valence-electron chi connectivity index (χ4n) is 4.13. The molecule has 0 aromatic carbocycles. The predicted octanol–water partition coefficient (Wildman–Crippen LogP) is 2.11. The normalized spacial score (nSPS) is 26.3. The van der Waals surface area contributed by atoms with Crippen LogP contribution in [0.3, 0.4) is 0 Å². The molecule has 3 aliphatic rings. The first-order chi connectivity index (χ1) is 11.8. The zero-order valence-electron chi connectivity index (χ0n) is 14.0. The number of thiazole rings is 1. The summed E-state index contributed by atoms with van der Waals surface area (Å²) >= 11 is 1.72. The molecule has 5 nitrogen and oxygen atoms in total. The molecule has 1 atom stereocenters. The van der Waals surface area contributed by atoms with Gasteiger partial charge in [0.25, 0.3) is 0 Å². The van der Waals surface area contributed by atoms with E-state index in [1.54, 1.807) is 11.3 Å². The van der Waals surface area contributed by atoms with Crippen molar-refractivity contribution in [3.05, 3.63) is 11.1 Å². The molecule has 1 amide bonds. The summed E-state index contributed by atoms with van der Waals surface area (Å²) in [4.78, 5) is 25.0. The van der Waals surface area contributed by atoms with E-state index in [2.05, 4.69) is 15.9 Å². The van der Waals surface area contributed by atoms with Crippen LogP contribution in [0.4, 0.5) is 5.13 Å². The third kappa shape index (κ3) is 2.91. The van der Waals surface area contributed by atoms with Gasteiger partial charge in [-0.3, -0.25) is 14.6 Å². The minimum Gasteiger partial charge on any atom is -0.329 e. The van der Waals surface area contributed by atoms with Crippen LogP contribution < -0.4 is 4.90 Å². The second-order valence-electron chi connectivity index (χ2n) is 7.00. The maximum absolute atomic E-state index is 13.0. The lowest BCUT2D eigenvalue weighted by Crippen LogP contribution is -2.64. The standard InChI is InChI=1S/C18H24N4OS/c1-2-20-8-9-21-10-11-22(17(23)15(21)13-20)18-19-12-16(24-18)14-6-4-3-5-7-14/h1,12,14-15H,3-11,13H2/t15-/m0/s1. The Morgan fingerprint density at radius 2 is 1.96 bits per heavy atom. The summed E-state index contributed by atoms with van der Waals surface area (Å²) in [6.07, 6.45) is 14.1. The van der Waals surface area contributed by atoms with Gasteiger partial charge in [0.15, 0.2) is 5.13 Å². The molecule has 6 heteroatoms. The van der Waals surface area contributed by atoms with Gasteiger partial charge in [-0.1, -0.05) is 25.7 Å². The molecule has 3 fully saturated rings. The smallest absolute Gasteiger partial charge is 0.248 e. The van der Waals surface area contributed by atoms with E-state index in [1.165, 1.54) is 37.0 Å². The van der Waals surface area contributed by atoms with Crippen LogP contribution in [-0.2, 0) is 4.79 Å². The van der Waals surface area contributed by atoms with Gasteiger partial charge in [0.1, 0.15) is 6.04 Å². The molecule has 128 valence electrons. The van der Waals surface area contributed by atoms with Crippen molar-refractivity contribution in [2.45, 2.75) is 44.1 Å². The molecule has 1 aromatic heterocycles. The number of anilines is 1. The van der Waals surface area contributed by atoms with Crippen molar-refractivity contribution in [3.8, 4) is 12.5 Å². The number of amides is 1. The lowest BCUT2D eigenvalue weighted by molar-refractivity contribution is -0.127. The van der Waals surface area contributed by atoms with Crippen LogP contribution >= 0.6 is 11.3 Å². The average Bonchev–Trinajstić information content (AvgIpc) is 3.12. The molecule has 1 aromatic rings. The van der Waals surface area contributed by atoms with Crippen LogP contribution in [0, 0.1) is 12.5 Å². The number of fused-ring (bicyclic) bond motifs is 1. The maximum Gasteiger partial charge on any atom is 0.248 e. The highest BCUT2D eigenvalue weighted by atomic mass is 32.1. The first-order valence-corrected chi connectivity index (χ1v) is 9.80. The van der Waals surface area contributed by atoms with Crippen molar-refractivity contribution in [2.24, 2.45) is 0 Å². The van der Waals surface area contributed by atoms with Crippen LogP contribution in [-0.4, -0.2) is 59.5 Å². The third-order valence-corrected chi connectivity index (χ3v) is 6.77. The van der Waals surface area contributed by atoms with Crippen molar-refractivity contribution in [1.82, 2.24) is 14.8 Å². The fourth-order valence-corrected chi connectivity index (χ4v) is 5.24. The highest BCUT2D eigenvalue weighted by molar-refractivity contribution is 7.15. The van der Waals surface area contributed by atoms with Crippen LogP contribution in [0.2, 0.25) is 0 Å². The van der Waals surface area contributed by atoms with Crippen molar-refractivity contribution in [3.63, 3.8) is 0 Å². The van der Waals surface area contributed by atoms with Crippen molar-refractivity contribution in [1.29, 1.82) is 0 Å². The Hall–Kier alpha value is -1.58. The molecule has 3 heterocycles. The van der Waals surface area contributed by atoms with Crippen LogP contribution in [0.15, 0.2) is 6.20 Å². The number of carbonyl (C=O) groups is 1. The molecule has 1 aliphatic carbocycles. The summed E-state index contributed by atoms with van der Waals surface area (Å²) in [5.41, 5.74) is 0. The Morgan fingerprint density at radius 3 is 2.75 bits per heavy atom. The van der Waals surface area contributed by atoms with Crippen LogP contribution in [0.5, 0.6) is 0 Å². The molecule has 2 aliphatic heterocycles. The van der Waals surface area contributed by atoms with Gasteiger partial charge < -0.3 is 4.90 Å². The number of aromatic nitrogens is 1. The number of rotatable bonds is 2. The van der Waals surface area contributed by atoms with Gasteiger partial charge >= 0.3 is 0 Å². The summed E-state index contributed by atoms with van der Waals surface area (Å²) in [5, 5.41) is 0.873. The number of nitrogens with zero attached hydrogens (tertiary/aromatic N) is 4. The lowest BCUT2D eigenvalue weighted by Gasteiger charge is -2.44. The summed E-state index contributed by atoms with van der Waals surface area (Å²) in [6.45, 7) is 4.01. The lowest BCUT2D eigenvalue weighted by atomic mass is 9.89. The number of carbonyl (C=O) groups excluding carboxylic acids is 1. The van der Waals surface area contributed by atoms with Crippen molar-refractivity contribution in [2.75, 3.05) is 37.6 Å². The minimum absolute atomic E-state index is 0.120. The molecule has 0 unspecified atom stereocenters. The van der Waals surface area contributed by atoms with E-state index in [4.69, 9.17) is 6.42 Å². The molecule has 24 heavy (non-hydrogen) atoms. The van der Waals surface area contributed by atoms with Gasteiger partial charge in [0.05, 0.1) is 6.54 Å². The molecule has 4 rings (SSSR count). The fraction of sp³-hybridized carbons (Fsp3) is 0.667. The molecule has 0 bridgehead atoms. The van der Waals surface area contributed by atoms with Crippen LogP contribution in [0.1, 0.15) is 42.9 Å². The van der Waals surface area contributed by atoms with Crippen molar-refractivity contribution >= 4 is 22.4 Å². The predicted molar refractivity (Wildman–Crippen MR) is 96.1 cm³/mol. The number of terminal acetylenes is 1. The number of piperazine rings is 2. The molecular formula is C18H24N4OS. The topological polar surface area (TPSA) is 39.7 Å². The Labute approximate surface area is 147 Å². The summed E-state index contributed by atoms with van der Waals surface area (Å²) in [5.74, 6) is 0.804.